The van der Waals surface area contributed by atoms with Crippen LogP contribution in [0.5, 0.6) is 0 Å². The van der Waals surface area contributed by atoms with E-state index in [0.717, 1.165) is 6.42 Å². The fourth-order valence-electron chi connectivity index (χ4n) is 2.02. The largest absolute Gasteiger partial charge is 0.364 e. The summed E-state index contributed by atoms with van der Waals surface area (Å²) in [6.45, 7) is 6.53. The van der Waals surface area contributed by atoms with Crippen LogP contribution in [0, 0.1) is 11.8 Å². The summed E-state index contributed by atoms with van der Waals surface area (Å²) in [5.74, 6) is 0.385. The van der Waals surface area contributed by atoms with Crippen LogP contribution in [0.15, 0.2) is 47.0 Å². The molecule has 1 atom stereocenters. The molecule has 0 radical (unpaired) electrons. The van der Waals surface area contributed by atoms with Gasteiger partial charge in [-0.1, -0.05) is 56.7 Å². The van der Waals surface area contributed by atoms with Crippen LogP contribution in [-0.2, 0) is 11.2 Å². The fraction of sp³-hybridized carbons (Fsp3) is 0.412. The molecule has 0 aliphatic rings. The molecular weight excluding hydrogens is 248 g/mol. The van der Waals surface area contributed by atoms with Crippen molar-refractivity contribution < 1.29 is 4.79 Å². The van der Waals surface area contributed by atoms with Gasteiger partial charge in [-0.25, -0.2) is 0 Å². The molecule has 1 aromatic rings. The Kier molecular flexibility index (Phi) is 6.16. The number of carbonyl (C=O) groups is 1. The number of aliphatic imine (C=N–C) groups is 1. The normalized spacial score (nSPS) is 14.4. The molecule has 3 heteroatoms. The van der Waals surface area contributed by atoms with Gasteiger partial charge in [0.25, 0.3) is 5.91 Å². The van der Waals surface area contributed by atoms with Crippen molar-refractivity contribution in [2.24, 2.45) is 22.6 Å². The topological polar surface area (TPSA) is 55.4 Å². The SMILES string of the molecule is C/N=C(\C=C(\Cc1ccccc1)C(C)C(C)C)C(N)=O. The lowest BCUT2D eigenvalue weighted by Crippen LogP contribution is -2.23. The zero-order valence-corrected chi connectivity index (χ0v) is 12.8. The van der Waals surface area contributed by atoms with E-state index in [1.54, 1.807) is 7.05 Å². The van der Waals surface area contributed by atoms with Gasteiger partial charge >= 0.3 is 0 Å². The number of benzene rings is 1. The first-order valence-corrected chi connectivity index (χ1v) is 6.96. The second kappa shape index (κ2) is 7.63. The quantitative estimate of drug-likeness (QED) is 0.795. The Labute approximate surface area is 121 Å². The number of amides is 1. The molecule has 0 fully saturated rings. The Morgan fingerprint density at radius 1 is 1.25 bits per heavy atom. The molecule has 1 unspecified atom stereocenters. The monoisotopic (exact) mass is 272 g/mol. The molecule has 0 bridgehead atoms. The highest BCUT2D eigenvalue weighted by Crippen LogP contribution is 2.23. The molecule has 1 aromatic carbocycles. The molecule has 0 aromatic heterocycles. The molecule has 1 rings (SSSR count). The number of nitrogens with two attached hydrogens (primary N) is 1. The van der Waals surface area contributed by atoms with Crippen LogP contribution in [0.4, 0.5) is 0 Å². The molecule has 108 valence electrons. The number of hydrogen-bond acceptors (Lipinski definition) is 2. The van der Waals surface area contributed by atoms with Crippen molar-refractivity contribution >= 4 is 11.6 Å². The average Bonchev–Trinajstić information content (AvgIpc) is 2.43. The molecule has 0 saturated heterocycles. The summed E-state index contributed by atoms with van der Waals surface area (Å²) in [5, 5.41) is 0. The van der Waals surface area contributed by atoms with Gasteiger partial charge in [-0.3, -0.25) is 9.79 Å². The number of allylic oxidation sites excluding steroid dienone is 1. The lowest BCUT2D eigenvalue weighted by molar-refractivity contribution is -0.111. The number of nitrogens with zero attached hydrogens (tertiary/aromatic N) is 1. The van der Waals surface area contributed by atoms with Crippen molar-refractivity contribution in [3.8, 4) is 0 Å². The number of primary amides is 1. The van der Waals surface area contributed by atoms with E-state index in [4.69, 9.17) is 5.73 Å². The van der Waals surface area contributed by atoms with Crippen LogP contribution in [0.2, 0.25) is 0 Å². The third-order valence-corrected chi connectivity index (χ3v) is 3.65. The van der Waals surface area contributed by atoms with Crippen molar-refractivity contribution in [1.29, 1.82) is 0 Å². The molecule has 0 heterocycles. The van der Waals surface area contributed by atoms with Gasteiger partial charge in [-0.05, 0) is 29.9 Å². The van der Waals surface area contributed by atoms with Crippen LogP contribution < -0.4 is 5.73 Å². The van der Waals surface area contributed by atoms with Gasteiger partial charge in [-0.2, -0.15) is 0 Å². The van der Waals surface area contributed by atoms with E-state index in [1.165, 1.54) is 11.1 Å². The minimum Gasteiger partial charge on any atom is -0.364 e. The fourth-order valence-corrected chi connectivity index (χ4v) is 2.02. The van der Waals surface area contributed by atoms with Crippen molar-refractivity contribution in [3.63, 3.8) is 0 Å². The van der Waals surface area contributed by atoms with E-state index < -0.39 is 5.91 Å². The molecule has 2 N–H and O–H groups in total. The summed E-state index contributed by atoms with van der Waals surface area (Å²) in [6, 6.07) is 10.2. The van der Waals surface area contributed by atoms with E-state index in [-0.39, 0.29) is 0 Å². The summed E-state index contributed by atoms with van der Waals surface area (Å²) in [7, 11) is 1.59. The molecule has 3 nitrogen and oxygen atoms in total. The van der Waals surface area contributed by atoms with E-state index in [0.29, 0.717) is 17.5 Å². The third-order valence-electron chi connectivity index (χ3n) is 3.65. The highest BCUT2D eigenvalue weighted by Gasteiger charge is 2.15. The lowest BCUT2D eigenvalue weighted by atomic mass is 9.85. The van der Waals surface area contributed by atoms with Gasteiger partial charge in [0.05, 0.1) is 0 Å². The van der Waals surface area contributed by atoms with E-state index in [1.807, 2.05) is 24.3 Å². The Morgan fingerprint density at radius 3 is 2.30 bits per heavy atom. The molecule has 0 aliphatic carbocycles. The molecular formula is C17H24N2O. The van der Waals surface area contributed by atoms with Gasteiger partial charge in [-0.15, -0.1) is 0 Å². The molecule has 0 aliphatic heterocycles. The summed E-state index contributed by atoms with van der Waals surface area (Å²) >= 11 is 0. The Morgan fingerprint density at radius 2 is 1.85 bits per heavy atom. The second-order valence-corrected chi connectivity index (χ2v) is 5.39. The van der Waals surface area contributed by atoms with E-state index in [9.17, 15) is 4.79 Å². The van der Waals surface area contributed by atoms with Crippen molar-refractivity contribution in [1.82, 2.24) is 0 Å². The minimum atomic E-state index is -0.478. The summed E-state index contributed by atoms with van der Waals surface area (Å²) in [5.41, 5.74) is 8.10. The second-order valence-electron chi connectivity index (χ2n) is 5.39. The predicted molar refractivity (Wildman–Crippen MR) is 84.8 cm³/mol. The summed E-state index contributed by atoms with van der Waals surface area (Å²) in [6.07, 6.45) is 2.66. The van der Waals surface area contributed by atoms with Crippen molar-refractivity contribution in [2.75, 3.05) is 7.05 Å². The summed E-state index contributed by atoms with van der Waals surface area (Å²) < 4.78 is 0. The zero-order chi connectivity index (χ0) is 15.1. The zero-order valence-electron chi connectivity index (χ0n) is 12.8. The Balaban J connectivity index is 3.09. The van der Waals surface area contributed by atoms with Gasteiger partial charge in [0.1, 0.15) is 5.71 Å². The van der Waals surface area contributed by atoms with Gasteiger partial charge in [0.2, 0.25) is 0 Å². The number of hydrogen-bond donors (Lipinski definition) is 1. The van der Waals surface area contributed by atoms with Crippen LogP contribution in [0.1, 0.15) is 26.3 Å². The smallest absolute Gasteiger partial charge is 0.266 e. The van der Waals surface area contributed by atoms with Crippen LogP contribution in [0.3, 0.4) is 0 Å². The highest BCUT2D eigenvalue weighted by atomic mass is 16.1. The highest BCUT2D eigenvalue weighted by molar-refractivity contribution is 6.42. The van der Waals surface area contributed by atoms with Crippen molar-refractivity contribution in [3.05, 3.63) is 47.5 Å². The lowest BCUT2D eigenvalue weighted by Gasteiger charge is -2.20. The maximum Gasteiger partial charge on any atom is 0.266 e. The first-order valence-electron chi connectivity index (χ1n) is 6.96. The molecule has 0 saturated carbocycles. The van der Waals surface area contributed by atoms with E-state index in [2.05, 4.69) is 37.9 Å². The number of rotatable bonds is 6. The molecule has 0 spiro atoms. The first kappa shape index (κ1) is 16.2. The Hall–Kier alpha value is -1.90. The maximum atomic E-state index is 11.4. The van der Waals surface area contributed by atoms with Crippen LogP contribution in [-0.4, -0.2) is 18.7 Å². The Bertz CT molecular complexity index is 501. The standard InChI is InChI=1S/C17H24N2O/c1-12(2)13(3)15(11-16(19-4)17(18)20)10-14-8-6-5-7-9-14/h5-9,11-13H,10H2,1-4H3,(H2,18,20)/b15-11-,19-16+. The van der Waals surface area contributed by atoms with Crippen LogP contribution >= 0.6 is 0 Å². The van der Waals surface area contributed by atoms with Gasteiger partial charge in [0.15, 0.2) is 0 Å². The van der Waals surface area contributed by atoms with E-state index >= 15 is 0 Å². The first-order chi connectivity index (χ1) is 9.45. The van der Waals surface area contributed by atoms with Gasteiger partial charge < -0.3 is 5.73 Å². The molecule has 1 amide bonds. The third kappa shape index (κ3) is 4.65. The average molecular weight is 272 g/mol. The number of carbonyl (C=O) groups excluding carboxylic acids is 1. The predicted octanol–water partition coefficient (Wildman–Crippen LogP) is 3.00. The van der Waals surface area contributed by atoms with Crippen molar-refractivity contribution in [2.45, 2.75) is 27.2 Å². The van der Waals surface area contributed by atoms with Gasteiger partial charge in [0, 0.05) is 7.05 Å². The minimum absolute atomic E-state index is 0.337. The summed E-state index contributed by atoms with van der Waals surface area (Å²) in [4.78, 5) is 15.3. The maximum absolute atomic E-state index is 11.4. The molecule has 20 heavy (non-hydrogen) atoms. The van der Waals surface area contributed by atoms with Crippen LogP contribution in [0.25, 0.3) is 0 Å².